The molecule has 2 aliphatic rings. The van der Waals surface area contributed by atoms with Gasteiger partial charge in [-0.25, -0.2) is 0 Å². The number of rotatable bonds is 2. The summed E-state index contributed by atoms with van der Waals surface area (Å²) in [5.41, 5.74) is 1.19. The van der Waals surface area contributed by atoms with Crippen LogP contribution < -0.4 is 0 Å². The Hall–Kier alpha value is -1.91. The summed E-state index contributed by atoms with van der Waals surface area (Å²) in [5, 5.41) is 10.9. The van der Waals surface area contributed by atoms with E-state index < -0.39 is 4.92 Å². The van der Waals surface area contributed by atoms with Crippen molar-refractivity contribution in [1.82, 2.24) is 4.90 Å². The van der Waals surface area contributed by atoms with E-state index in [1.54, 1.807) is 19.1 Å². The molecule has 1 saturated carbocycles. The normalized spacial score (nSPS) is 24.7. The minimum atomic E-state index is -0.406. The van der Waals surface area contributed by atoms with Crippen LogP contribution in [0.1, 0.15) is 48.0 Å². The van der Waals surface area contributed by atoms with E-state index in [0.717, 1.165) is 19.4 Å². The van der Waals surface area contributed by atoms with Crippen LogP contribution in [0.15, 0.2) is 18.2 Å². The Morgan fingerprint density at radius 2 is 2.05 bits per heavy atom. The molecule has 5 heteroatoms. The van der Waals surface area contributed by atoms with Crippen molar-refractivity contribution in [2.24, 2.45) is 5.92 Å². The first-order valence-corrected chi connectivity index (χ1v) is 7.64. The molecule has 3 rings (SSSR count). The molecule has 1 heterocycles. The Kier molecular flexibility index (Phi) is 3.66. The number of aryl methyl sites for hydroxylation is 1. The van der Waals surface area contributed by atoms with E-state index in [1.807, 2.05) is 4.90 Å². The predicted molar refractivity (Wildman–Crippen MR) is 79.2 cm³/mol. The third-order valence-electron chi connectivity index (χ3n) is 4.91. The van der Waals surface area contributed by atoms with Crippen molar-refractivity contribution < 1.29 is 9.72 Å². The van der Waals surface area contributed by atoms with E-state index in [2.05, 4.69) is 0 Å². The smallest absolute Gasteiger partial charge is 0.272 e. The summed E-state index contributed by atoms with van der Waals surface area (Å²) in [4.78, 5) is 25.1. The Bertz CT molecular complexity index is 585. The minimum absolute atomic E-state index is 0.0300. The number of likely N-dealkylation sites (tertiary alicyclic amines) is 1. The van der Waals surface area contributed by atoms with E-state index in [9.17, 15) is 14.9 Å². The molecule has 21 heavy (non-hydrogen) atoms. The molecule has 5 nitrogen and oxygen atoms in total. The molecule has 2 unspecified atom stereocenters. The number of fused-ring (bicyclic) bond motifs is 1. The summed E-state index contributed by atoms with van der Waals surface area (Å²) >= 11 is 0. The highest BCUT2D eigenvalue weighted by atomic mass is 16.6. The molecule has 2 atom stereocenters. The molecular weight excluding hydrogens is 268 g/mol. The van der Waals surface area contributed by atoms with Crippen LogP contribution >= 0.6 is 0 Å². The fourth-order valence-corrected chi connectivity index (χ4v) is 3.82. The lowest BCUT2D eigenvalue weighted by Crippen LogP contribution is -2.39. The van der Waals surface area contributed by atoms with Crippen LogP contribution in [0.4, 0.5) is 5.69 Å². The number of hydrogen-bond donors (Lipinski definition) is 0. The van der Waals surface area contributed by atoms with Gasteiger partial charge < -0.3 is 4.90 Å². The maximum Gasteiger partial charge on any atom is 0.272 e. The summed E-state index contributed by atoms with van der Waals surface area (Å²) in [7, 11) is 0. The van der Waals surface area contributed by atoms with Gasteiger partial charge in [0.15, 0.2) is 0 Å². The molecule has 0 bridgehead atoms. The van der Waals surface area contributed by atoms with Crippen molar-refractivity contribution in [2.45, 2.75) is 45.1 Å². The zero-order valence-electron chi connectivity index (χ0n) is 12.2. The second kappa shape index (κ2) is 5.47. The number of amides is 1. The van der Waals surface area contributed by atoms with Gasteiger partial charge >= 0.3 is 0 Å². The van der Waals surface area contributed by atoms with Gasteiger partial charge in [-0.1, -0.05) is 12.8 Å². The van der Waals surface area contributed by atoms with E-state index in [1.165, 1.54) is 25.3 Å². The van der Waals surface area contributed by atoms with Crippen LogP contribution in [0.5, 0.6) is 0 Å². The standard InChI is InChI=1S/C16H20N2O3/c1-11-10-13(6-7-14(11)18(20)21)16(19)17-9-8-12-4-2-3-5-15(12)17/h6-7,10,12,15H,2-5,8-9H2,1H3. The maximum absolute atomic E-state index is 12.7. The van der Waals surface area contributed by atoms with Crippen molar-refractivity contribution in [1.29, 1.82) is 0 Å². The van der Waals surface area contributed by atoms with Gasteiger partial charge in [0.2, 0.25) is 0 Å². The van der Waals surface area contributed by atoms with Crippen molar-refractivity contribution in [2.75, 3.05) is 6.54 Å². The van der Waals surface area contributed by atoms with Gasteiger partial charge in [-0.15, -0.1) is 0 Å². The van der Waals surface area contributed by atoms with E-state index in [-0.39, 0.29) is 11.6 Å². The zero-order valence-corrected chi connectivity index (χ0v) is 12.2. The third kappa shape index (κ3) is 2.52. The van der Waals surface area contributed by atoms with E-state index in [0.29, 0.717) is 23.1 Å². The number of nitro groups is 1. The molecule has 2 fully saturated rings. The molecule has 1 aliphatic carbocycles. The van der Waals surface area contributed by atoms with E-state index >= 15 is 0 Å². The predicted octanol–water partition coefficient (Wildman–Crippen LogP) is 3.31. The summed E-state index contributed by atoms with van der Waals surface area (Å²) in [6, 6.07) is 5.05. The van der Waals surface area contributed by atoms with Gasteiger partial charge in [0.05, 0.1) is 4.92 Å². The number of nitro benzene ring substituents is 1. The van der Waals surface area contributed by atoms with Crippen LogP contribution in [0.3, 0.4) is 0 Å². The number of nitrogens with zero attached hydrogens (tertiary/aromatic N) is 2. The van der Waals surface area contributed by atoms with Gasteiger partial charge in [-0.2, -0.15) is 0 Å². The molecule has 112 valence electrons. The Morgan fingerprint density at radius 1 is 1.29 bits per heavy atom. The number of benzene rings is 1. The first-order chi connectivity index (χ1) is 10.1. The molecule has 0 N–H and O–H groups in total. The van der Waals surface area contributed by atoms with Crippen LogP contribution in [-0.4, -0.2) is 28.3 Å². The largest absolute Gasteiger partial charge is 0.335 e. The molecule has 1 aromatic rings. The van der Waals surface area contributed by atoms with E-state index in [4.69, 9.17) is 0 Å². The lowest BCUT2D eigenvalue weighted by molar-refractivity contribution is -0.385. The third-order valence-corrected chi connectivity index (χ3v) is 4.91. The number of carbonyl (C=O) groups is 1. The lowest BCUT2D eigenvalue weighted by atomic mass is 9.85. The van der Waals surface area contributed by atoms with Crippen molar-refractivity contribution in [3.63, 3.8) is 0 Å². The van der Waals surface area contributed by atoms with Gasteiger partial charge in [-0.3, -0.25) is 14.9 Å². The average Bonchev–Trinajstić information content (AvgIpc) is 2.90. The van der Waals surface area contributed by atoms with Crippen molar-refractivity contribution in [3.05, 3.63) is 39.4 Å². The lowest BCUT2D eigenvalue weighted by Gasteiger charge is -2.31. The Labute approximate surface area is 124 Å². The van der Waals surface area contributed by atoms with Gasteiger partial charge in [-0.05, 0) is 44.2 Å². The van der Waals surface area contributed by atoms with Crippen LogP contribution in [0, 0.1) is 23.0 Å². The highest BCUT2D eigenvalue weighted by Gasteiger charge is 2.38. The molecular formula is C16H20N2O3. The summed E-state index contributed by atoms with van der Waals surface area (Å²) in [5.74, 6) is 0.684. The van der Waals surface area contributed by atoms with Crippen LogP contribution in [-0.2, 0) is 0 Å². The number of carbonyl (C=O) groups excluding carboxylic acids is 1. The average molecular weight is 288 g/mol. The quantitative estimate of drug-likeness (QED) is 0.619. The monoisotopic (exact) mass is 288 g/mol. The highest BCUT2D eigenvalue weighted by molar-refractivity contribution is 5.95. The maximum atomic E-state index is 12.7. The molecule has 0 spiro atoms. The Morgan fingerprint density at radius 3 is 2.76 bits per heavy atom. The second-order valence-corrected chi connectivity index (χ2v) is 6.16. The van der Waals surface area contributed by atoms with Crippen LogP contribution in [0.25, 0.3) is 0 Å². The fourth-order valence-electron chi connectivity index (χ4n) is 3.82. The summed E-state index contributed by atoms with van der Waals surface area (Å²) in [6.07, 6.45) is 5.91. The van der Waals surface area contributed by atoms with Gasteiger partial charge in [0.25, 0.3) is 11.6 Å². The van der Waals surface area contributed by atoms with Crippen molar-refractivity contribution in [3.8, 4) is 0 Å². The first-order valence-electron chi connectivity index (χ1n) is 7.64. The molecule has 0 radical (unpaired) electrons. The fraction of sp³-hybridized carbons (Fsp3) is 0.562. The zero-order chi connectivity index (χ0) is 15.0. The van der Waals surface area contributed by atoms with Gasteiger partial charge in [0, 0.05) is 29.8 Å². The molecule has 1 aliphatic heterocycles. The summed E-state index contributed by atoms with van der Waals surface area (Å²) in [6.45, 7) is 2.51. The molecule has 0 aromatic heterocycles. The molecule has 1 amide bonds. The topological polar surface area (TPSA) is 63.5 Å². The Balaban J connectivity index is 1.82. The first kappa shape index (κ1) is 14.0. The molecule has 1 aromatic carbocycles. The van der Waals surface area contributed by atoms with Gasteiger partial charge in [0.1, 0.15) is 0 Å². The minimum Gasteiger partial charge on any atom is -0.335 e. The highest BCUT2D eigenvalue weighted by Crippen LogP contribution is 2.37. The van der Waals surface area contributed by atoms with Crippen molar-refractivity contribution >= 4 is 11.6 Å². The number of hydrogen-bond acceptors (Lipinski definition) is 3. The second-order valence-electron chi connectivity index (χ2n) is 6.16. The summed E-state index contributed by atoms with van der Waals surface area (Å²) < 4.78 is 0. The van der Waals surface area contributed by atoms with Crippen LogP contribution in [0.2, 0.25) is 0 Å². The SMILES string of the molecule is Cc1cc(C(=O)N2CCC3CCCCC32)ccc1[N+](=O)[O-]. The molecule has 1 saturated heterocycles.